The van der Waals surface area contributed by atoms with Crippen LogP contribution in [-0.2, 0) is 23.1 Å². The molecule has 0 fully saturated rings. The first kappa shape index (κ1) is 21.2. The van der Waals surface area contributed by atoms with Crippen LogP contribution in [0, 0.1) is 11.6 Å². The zero-order valence-corrected chi connectivity index (χ0v) is 16.8. The summed E-state index contributed by atoms with van der Waals surface area (Å²) in [5.74, 6) is -0.781. The van der Waals surface area contributed by atoms with E-state index in [0.717, 1.165) is 22.5 Å². The fraction of sp³-hybridized carbons (Fsp3) is 0.222. The Hall–Kier alpha value is -2.56. The predicted octanol–water partition coefficient (Wildman–Crippen LogP) is 3.44. The molecule has 0 spiro atoms. The van der Waals surface area contributed by atoms with Crippen molar-refractivity contribution >= 4 is 21.6 Å². The minimum atomic E-state index is -3.86. The Morgan fingerprint density at radius 1 is 1.17 bits per heavy atom. The lowest BCUT2D eigenvalue weighted by molar-refractivity contribution is 0.234. The molecule has 3 rings (SSSR count). The minimum absolute atomic E-state index is 0.0461. The Balaban J connectivity index is 1.58. The van der Waals surface area contributed by atoms with E-state index < -0.39 is 21.7 Å². The van der Waals surface area contributed by atoms with Crippen LogP contribution in [0.5, 0.6) is 5.75 Å². The highest BCUT2D eigenvalue weighted by Gasteiger charge is 2.22. The average Bonchev–Trinajstić information content (AvgIpc) is 3.15. The van der Waals surface area contributed by atoms with E-state index in [-0.39, 0.29) is 47.0 Å². The molecule has 0 radical (unpaired) electrons. The van der Waals surface area contributed by atoms with E-state index in [9.17, 15) is 17.2 Å². The number of para-hydroxylation sites is 1. The fourth-order valence-electron chi connectivity index (χ4n) is 2.35. The van der Waals surface area contributed by atoms with Crippen LogP contribution in [-0.4, -0.2) is 36.5 Å². The molecule has 0 aliphatic rings. The van der Waals surface area contributed by atoms with Gasteiger partial charge in [0.05, 0.1) is 9.92 Å². The van der Waals surface area contributed by atoms with Gasteiger partial charge in [-0.3, -0.25) is 0 Å². The van der Waals surface area contributed by atoms with Crippen LogP contribution < -0.4 is 4.74 Å². The first-order chi connectivity index (χ1) is 13.8. The summed E-state index contributed by atoms with van der Waals surface area (Å²) in [4.78, 5) is 3.96. The van der Waals surface area contributed by atoms with Crippen molar-refractivity contribution in [3.63, 3.8) is 0 Å². The van der Waals surface area contributed by atoms with Gasteiger partial charge in [-0.25, -0.2) is 21.5 Å². The molecule has 0 aliphatic heterocycles. The quantitative estimate of drug-likeness (QED) is 0.530. The molecule has 0 saturated heterocycles. The van der Waals surface area contributed by atoms with Gasteiger partial charge in [-0.1, -0.05) is 28.9 Å². The zero-order chi connectivity index (χ0) is 21.0. The lowest BCUT2D eigenvalue weighted by atomic mass is 10.3. The molecule has 0 unspecified atom stereocenters. The number of aromatic nitrogens is 2. The summed E-state index contributed by atoms with van der Waals surface area (Å²) in [5.41, 5.74) is 0. The van der Waals surface area contributed by atoms with Crippen LogP contribution in [0.15, 0.2) is 51.9 Å². The predicted molar refractivity (Wildman–Crippen MR) is 100.0 cm³/mol. The third-order valence-electron chi connectivity index (χ3n) is 3.95. The normalized spacial score (nSPS) is 11.8. The molecule has 0 saturated carbocycles. The number of hydrogen-bond acceptors (Lipinski definition) is 6. The molecule has 2 aromatic carbocycles. The van der Waals surface area contributed by atoms with Gasteiger partial charge < -0.3 is 9.26 Å². The highest BCUT2D eigenvalue weighted by Crippen LogP contribution is 2.22. The number of halogens is 3. The molecule has 1 aromatic heterocycles. The molecule has 29 heavy (non-hydrogen) atoms. The Morgan fingerprint density at radius 3 is 2.66 bits per heavy atom. The van der Waals surface area contributed by atoms with E-state index in [0.29, 0.717) is 0 Å². The standard InChI is InChI=1S/C18H16ClF2N3O4S/c1-24(29(25,26)12-6-7-14(20)13(19)10-12)9-8-17-22-18(28-23-17)11-27-16-5-3-2-4-15(16)21/h2-7,10H,8-9,11H2,1H3. The van der Waals surface area contributed by atoms with Crippen molar-refractivity contribution in [2.45, 2.75) is 17.9 Å². The molecule has 0 aliphatic carbocycles. The molecule has 154 valence electrons. The van der Waals surface area contributed by atoms with Crippen LogP contribution >= 0.6 is 11.6 Å². The largest absolute Gasteiger partial charge is 0.481 e. The number of benzene rings is 2. The van der Waals surface area contributed by atoms with Gasteiger partial charge in [0.1, 0.15) is 5.82 Å². The topological polar surface area (TPSA) is 85.5 Å². The lowest BCUT2D eigenvalue weighted by Gasteiger charge is -2.16. The van der Waals surface area contributed by atoms with Crippen LogP contribution in [0.3, 0.4) is 0 Å². The van der Waals surface area contributed by atoms with Crippen molar-refractivity contribution in [3.8, 4) is 5.75 Å². The molecule has 0 N–H and O–H groups in total. The van der Waals surface area contributed by atoms with Crippen LogP contribution in [0.2, 0.25) is 5.02 Å². The maximum atomic E-state index is 13.5. The first-order valence-electron chi connectivity index (χ1n) is 8.37. The Bertz CT molecular complexity index is 1110. The molecular weight excluding hydrogens is 428 g/mol. The van der Waals surface area contributed by atoms with Crippen LogP contribution in [0.4, 0.5) is 8.78 Å². The summed E-state index contributed by atoms with van der Waals surface area (Å²) in [6, 6.07) is 9.08. The number of sulfonamides is 1. The number of hydrogen-bond donors (Lipinski definition) is 0. The summed E-state index contributed by atoms with van der Waals surface area (Å²) in [6.45, 7) is -0.0827. The second kappa shape index (κ2) is 8.85. The van der Waals surface area contributed by atoms with Crippen molar-refractivity contribution in [2.24, 2.45) is 0 Å². The number of rotatable bonds is 8. The van der Waals surface area contributed by atoms with E-state index in [1.165, 1.54) is 25.2 Å². The van der Waals surface area contributed by atoms with Gasteiger partial charge in [0.15, 0.2) is 24.0 Å². The summed E-state index contributed by atoms with van der Waals surface area (Å²) >= 11 is 5.66. The van der Waals surface area contributed by atoms with Crippen molar-refractivity contribution in [1.82, 2.24) is 14.4 Å². The van der Waals surface area contributed by atoms with Gasteiger partial charge >= 0.3 is 0 Å². The molecular formula is C18H16ClF2N3O4S. The Morgan fingerprint density at radius 2 is 1.93 bits per heavy atom. The minimum Gasteiger partial charge on any atom is -0.481 e. The molecule has 3 aromatic rings. The van der Waals surface area contributed by atoms with Crippen LogP contribution in [0.1, 0.15) is 11.7 Å². The second-order valence-corrected chi connectivity index (χ2v) is 8.43. The average molecular weight is 444 g/mol. The number of ether oxygens (including phenoxy) is 1. The van der Waals surface area contributed by atoms with E-state index in [1.54, 1.807) is 6.07 Å². The third kappa shape index (κ3) is 5.08. The molecule has 1 heterocycles. The van der Waals surface area contributed by atoms with Crippen LogP contribution in [0.25, 0.3) is 0 Å². The molecule has 0 atom stereocenters. The maximum absolute atomic E-state index is 13.5. The highest BCUT2D eigenvalue weighted by molar-refractivity contribution is 7.89. The first-order valence-corrected chi connectivity index (χ1v) is 10.2. The number of nitrogens with zero attached hydrogens (tertiary/aromatic N) is 3. The van der Waals surface area contributed by atoms with Crippen molar-refractivity contribution in [2.75, 3.05) is 13.6 Å². The van der Waals surface area contributed by atoms with E-state index >= 15 is 0 Å². The monoisotopic (exact) mass is 443 g/mol. The Labute approximate surface area is 170 Å². The van der Waals surface area contributed by atoms with E-state index in [2.05, 4.69) is 10.1 Å². The molecule has 0 amide bonds. The summed E-state index contributed by atoms with van der Waals surface area (Å²) in [6.07, 6.45) is 0.161. The SMILES string of the molecule is CN(CCc1noc(COc2ccccc2F)n1)S(=O)(=O)c1ccc(F)c(Cl)c1. The van der Waals surface area contributed by atoms with Gasteiger partial charge in [0, 0.05) is 20.0 Å². The van der Waals surface area contributed by atoms with Crippen molar-refractivity contribution < 1.29 is 26.5 Å². The van der Waals surface area contributed by atoms with E-state index in [4.69, 9.17) is 20.9 Å². The summed E-state index contributed by atoms with van der Waals surface area (Å²) in [5, 5.41) is 3.47. The highest BCUT2D eigenvalue weighted by atomic mass is 35.5. The van der Waals surface area contributed by atoms with Gasteiger partial charge in [0.2, 0.25) is 10.0 Å². The van der Waals surface area contributed by atoms with Crippen molar-refractivity contribution in [3.05, 3.63) is 70.8 Å². The van der Waals surface area contributed by atoms with Gasteiger partial charge in [-0.15, -0.1) is 0 Å². The summed E-state index contributed by atoms with van der Waals surface area (Å²) < 4.78 is 63.2. The van der Waals surface area contributed by atoms with E-state index in [1.807, 2.05) is 0 Å². The molecule has 7 nitrogen and oxygen atoms in total. The van der Waals surface area contributed by atoms with Gasteiger partial charge in [0.25, 0.3) is 5.89 Å². The number of likely N-dealkylation sites (N-methyl/N-ethyl adjacent to an activating group) is 1. The maximum Gasteiger partial charge on any atom is 0.264 e. The second-order valence-electron chi connectivity index (χ2n) is 5.98. The Kier molecular flexibility index (Phi) is 6.46. The lowest BCUT2D eigenvalue weighted by Crippen LogP contribution is -2.29. The zero-order valence-electron chi connectivity index (χ0n) is 15.2. The fourth-order valence-corrected chi connectivity index (χ4v) is 3.79. The van der Waals surface area contributed by atoms with Crippen molar-refractivity contribution in [1.29, 1.82) is 0 Å². The van der Waals surface area contributed by atoms with Gasteiger partial charge in [-0.2, -0.15) is 4.98 Å². The summed E-state index contributed by atoms with van der Waals surface area (Å²) in [7, 11) is -2.49. The van der Waals surface area contributed by atoms with Gasteiger partial charge in [-0.05, 0) is 30.3 Å². The third-order valence-corrected chi connectivity index (χ3v) is 6.09. The molecule has 11 heteroatoms. The smallest absolute Gasteiger partial charge is 0.264 e. The molecule has 0 bridgehead atoms.